The van der Waals surface area contributed by atoms with Crippen molar-refractivity contribution in [3.63, 3.8) is 0 Å². The molecule has 0 bridgehead atoms. The van der Waals surface area contributed by atoms with Crippen LogP contribution < -0.4 is 0 Å². The van der Waals surface area contributed by atoms with Crippen LogP contribution in [0.15, 0.2) is 204 Å². The predicted octanol–water partition coefficient (Wildman–Crippen LogP) is 12.9. The quantitative estimate of drug-likeness (QED) is 0.175. The minimum atomic E-state index is -0.566. The van der Waals surface area contributed by atoms with Crippen LogP contribution in [-0.4, -0.2) is 15.0 Å². The first kappa shape index (κ1) is 33.9. The van der Waals surface area contributed by atoms with Gasteiger partial charge >= 0.3 is 0 Å². The third-order valence-corrected chi connectivity index (χ3v) is 12.6. The first-order valence-corrected chi connectivity index (χ1v) is 20.1. The van der Waals surface area contributed by atoms with Crippen LogP contribution in [0.3, 0.4) is 0 Å². The lowest BCUT2D eigenvalue weighted by Gasteiger charge is -2.40. The summed E-state index contributed by atoms with van der Waals surface area (Å²) in [5.74, 6) is 1.91. The van der Waals surface area contributed by atoms with Crippen LogP contribution in [-0.2, 0) is 5.41 Å². The third kappa shape index (κ3) is 5.34. The van der Waals surface area contributed by atoms with E-state index in [9.17, 15) is 5.26 Å². The Bertz CT molecular complexity index is 2990. The Morgan fingerprint density at radius 2 is 0.776 bits per heavy atom. The lowest BCUT2D eigenvalue weighted by Crippen LogP contribution is -2.32. The molecule has 270 valence electrons. The van der Waals surface area contributed by atoms with Crippen molar-refractivity contribution in [2.45, 2.75) is 15.2 Å². The highest BCUT2D eigenvalue weighted by atomic mass is 32.2. The molecule has 0 amide bonds. The fourth-order valence-electron chi connectivity index (χ4n) is 8.83. The van der Waals surface area contributed by atoms with E-state index in [1.54, 1.807) is 0 Å². The Balaban J connectivity index is 1.07. The van der Waals surface area contributed by atoms with Crippen molar-refractivity contribution >= 4 is 11.8 Å². The number of hydrogen-bond donors (Lipinski definition) is 0. The van der Waals surface area contributed by atoms with E-state index in [-0.39, 0.29) is 0 Å². The lowest BCUT2D eigenvalue weighted by molar-refractivity contribution is 0.723. The van der Waals surface area contributed by atoms with Gasteiger partial charge < -0.3 is 0 Å². The summed E-state index contributed by atoms with van der Waals surface area (Å²) in [5, 5.41) is 10.1. The van der Waals surface area contributed by atoms with E-state index >= 15 is 0 Å². The topological polar surface area (TPSA) is 62.5 Å². The second kappa shape index (κ2) is 13.7. The average molecular weight is 757 g/mol. The molecule has 1 aliphatic heterocycles. The summed E-state index contributed by atoms with van der Waals surface area (Å²) in [5.41, 5.74) is 14.7. The summed E-state index contributed by atoms with van der Waals surface area (Å²) in [6.07, 6.45) is 0. The van der Waals surface area contributed by atoms with E-state index < -0.39 is 5.41 Å². The van der Waals surface area contributed by atoms with Crippen molar-refractivity contribution in [2.24, 2.45) is 0 Å². The predicted molar refractivity (Wildman–Crippen MR) is 233 cm³/mol. The standard InChI is InChI=1S/C53H32N4S/c54-33-40-17-7-8-18-41(40)39-28-30-49-47(32-39)53(44-21-11-9-19-42(44)43-20-10-12-22-45(43)53)46-31-38(27-29-48(46)58-49)34-23-25-37(26-24-34)52-56-50(35-13-3-1-4-14-35)55-51(57-52)36-15-5-2-6-16-36/h1-32H. The SMILES string of the molecule is N#Cc1ccccc1-c1ccc2c(c1)C1(c3cc(-c4ccc(-c5nc(-c6ccccc6)nc(-c6ccccc6)n5)cc4)ccc3S2)c2ccccc2-c2ccccc21. The fraction of sp³-hybridized carbons (Fsp3) is 0.0189. The molecule has 1 aromatic heterocycles. The number of aromatic nitrogens is 3. The summed E-state index contributed by atoms with van der Waals surface area (Å²) in [6.45, 7) is 0. The zero-order valence-electron chi connectivity index (χ0n) is 31.2. The molecule has 0 saturated heterocycles. The molecule has 0 unspecified atom stereocenters. The maximum absolute atomic E-state index is 10.1. The van der Waals surface area contributed by atoms with E-state index in [0.29, 0.717) is 23.0 Å². The molecule has 1 spiro atoms. The molecule has 0 fully saturated rings. The van der Waals surface area contributed by atoms with Gasteiger partial charge in [0.05, 0.1) is 17.0 Å². The summed E-state index contributed by atoms with van der Waals surface area (Å²) in [7, 11) is 0. The highest BCUT2D eigenvalue weighted by molar-refractivity contribution is 7.99. The van der Waals surface area contributed by atoms with Crippen LogP contribution in [0.1, 0.15) is 27.8 Å². The molecule has 0 N–H and O–H groups in total. The number of hydrogen-bond acceptors (Lipinski definition) is 5. The Labute approximate surface area is 341 Å². The Morgan fingerprint density at radius 1 is 0.362 bits per heavy atom. The molecule has 0 radical (unpaired) electrons. The van der Waals surface area contributed by atoms with Gasteiger partial charge in [0.15, 0.2) is 17.5 Å². The normalized spacial score (nSPS) is 12.9. The monoisotopic (exact) mass is 756 g/mol. The second-order valence-electron chi connectivity index (χ2n) is 14.6. The molecule has 0 saturated carbocycles. The number of nitrogens with zero attached hydrogens (tertiary/aromatic N) is 4. The van der Waals surface area contributed by atoms with Crippen molar-refractivity contribution < 1.29 is 0 Å². The molecular formula is C53H32N4S. The molecule has 5 heteroatoms. The van der Waals surface area contributed by atoms with Gasteiger partial charge in [-0.1, -0.05) is 176 Å². The van der Waals surface area contributed by atoms with Gasteiger partial charge in [-0.2, -0.15) is 5.26 Å². The largest absolute Gasteiger partial charge is 0.208 e. The Kier molecular flexibility index (Phi) is 7.99. The zero-order chi connectivity index (χ0) is 38.6. The minimum absolute atomic E-state index is 0.566. The maximum atomic E-state index is 10.1. The summed E-state index contributed by atoms with van der Waals surface area (Å²) in [6, 6.07) is 70.5. The number of fused-ring (bicyclic) bond motifs is 9. The van der Waals surface area contributed by atoms with E-state index in [0.717, 1.165) is 38.9 Å². The van der Waals surface area contributed by atoms with E-state index in [4.69, 9.17) is 15.0 Å². The van der Waals surface area contributed by atoms with Crippen molar-refractivity contribution in [3.8, 4) is 73.6 Å². The maximum Gasteiger partial charge on any atom is 0.164 e. The zero-order valence-corrected chi connectivity index (χ0v) is 32.0. The minimum Gasteiger partial charge on any atom is -0.208 e. The summed E-state index contributed by atoms with van der Waals surface area (Å²) >= 11 is 1.82. The van der Waals surface area contributed by atoms with Crippen LogP contribution in [0.5, 0.6) is 0 Å². The van der Waals surface area contributed by atoms with Crippen molar-refractivity contribution in [3.05, 3.63) is 222 Å². The van der Waals surface area contributed by atoms with Gasteiger partial charge in [-0.05, 0) is 86.0 Å². The highest BCUT2D eigenvalue weighted by Crippen LogP contribution is 2.62. The van der Waals surface area contributed by atoms with Gasteiger partial charge in [-0.25, -0.2) is 15.0 Å². The molecule has 58 heavy (non-hydrogen) atoms. The van der Waals surface area contributed by atoms with Gasteiger partial charge in [-0.3, -0.25) is 0 Å². The summed E-state index contributed by atoms with van der Waals surface area (Å²) < 4.78 is 0. The Morgan fingerprint density at radius 3 is 1.33 bits per heavy atom. The van der Waals surface area contributed by atoms with Crippen LogP contribution in [0.25, 0.3) is 67.5 Å². The smallest absolute Gasteiger partial charge is 0.164 e. The fourth-order valence-corrected chi connectivity index (χ4v) is 9.98. The molecule has 8 aromatic carbocycles. The highest BCUT2D eigenvalue weighted by Gasteiger charge is 2.50. The number of nitriles is 1. The summed E-state index contributed by atoms with van der Waals surface area (Å²) in [4.78, 5) is 17.3. The van der Waals surface area contributed by atoms with E-state index in [2.05, 4.69) is 121 Å². The van der Waals surface area contributed by atoms with Crippen LogP contribution in [0.2, 0.25) is 0 Å². The van der Waals surface area contributed by atoms with Crippen LogP contribution in [0.4, 0.5) is 0 Å². The van der Waals surface area contributed by atoms with Gasteiger partial charge in [0.25, 0.3) is 0 Å². The molecule has 2 aliphatic rings. The van der Waals surface area contributed by atoms with E-state index in [1.165, 1.54) is 43.2 Å². The molecule has 0 atom stereocenters. The third-order valence-electron chi connectivity index (χ3n) is 11.5. The van der Waals surface area contributed by atoms with Gasteiger partial charge in [-0.15, -0.1) is 0 Å². The molecule has 4 nitrogen and oxygen atoms in total. The molecular weight excluding hydrogens is 725 g/mol. The number of rotatable bonds is 5. The first-order chi connectivity index (χ1) is 28.7. The van der Waals surface area contributed by atoms with Crippen molar-refractivity contribution in [1.82, 2.24) is 15.0 Å². The van der Waals surface area contributed by atoms with Gasteiger partial charge in [0, 0.05) is 26.5 Å². The van der Waals surface area contributed by atoms with Gasteiger partial charge in [0.1, 0.15) is 0 Å². The molecule has 2 heterocycles. The van der Waals surface area contributed by atoms with Gasteiger partial charge in [0.2, 0.25) is 0 Å². The second-order valence-corrected chi connectivity index (χ2v) is 15.7. The van der Waals surface area contributed by atoms with E-state index in [1.807, 2.05) is 90.6 Å². The molecule has 1 aliphatic carbocycles. The lowest BCUT2D eigenvalue weighted by atomic mass is 9.66. The first-order valence-electron chi connectivity index (χ1n) is 19.3. The number of benzene rings is 8. The Hall–Kier alpha value is -7.39. The van der Waals surface area contributed by atoms with Crippen LogP contribution in [0, 0.1) is 11.3 Å². The van der Waals surface area contributed by atoms with Crippen molar-refractivity contribution in [1.29, 1.82) is 5.26 Å². The van der Waals surface area contributed by atoms with Crippen LogP contribution >= 0.6 is 11.8 Å². The van der Waals surface area contributed by atoms with Crippen molar-refractivity contribution in [2.75, 3.05) is 0 Å². The molecule has 9 aromatic rings. The molecule has 11 rings (SSSR count). The average Bonchev–Trinajstić information content (AvgIpc) is 3.60.